The molecule has 0 spiro atoms. The Morgan fingerprint density at radius 3 is 1.52 bits per heavy atom. The summed E-state index contributed by atoms with van der Waals surface area (Å²) < 4.78 is 0. The van der Waals surface area contributed by atoms with E-state index in [1.165, 1.54) is 4.90 Å². The predicted octanol–water partition coefficient (Wildman–Crippen LogP) is 8.00. The topological polar surface area (TPSA) is 113 Å². The van der Waals surface area contributed by atoms with E-state index in [9.17, 15) is 19.2 Å². The Labute approximate surface area is 288 Å². The van der Waals surface area contributed by atoms with Crippen LogP contribution in [0.25, 0.3) is 44.7 Å². The smallest absolute Gasteiger partial charge is 0.265 e. The molecule has 9 heteroatoms. The van der Waals surface area contributed by atoms with Crippen LogP contribution in [0.1, 0.15) is 74.0 Å². The van der Waals surface area contributed by atoms with Crippen LogP contribution in [-0.2, 0) is 0 Å². The fourth-order valence-corrected chi connectivity index (χ4v) is 6.85. The maximum absolute atomic E-state index is 14.0. The average molecular weight is 658 g/mol. The lowest BCUT2D eigenvalue weighted by Gasteiger charge is -2.32. The summed E-state index contributed by atoms with van der Waals surface area (Å²) >= 11 is 0. The van der Waals surface area contributed by atoms with Crippen molar-refractivity contribution in [1.29, 1.82) is 0 Å². The van der Waals surface area contributed by atoms with Crippen molar-refractivity contribution in [3.8, 4) is 33.9 Å². The molecule has 244 valence electrons. The summed E-state index contributed by atoms with van der Waals surface area (Å²) in [5.41, 5.74) is 6.13. The van der Waals surface area contributed by atoms with Gasteiger partial charge in [0.15, 0.2) is 0 Å². The minimum absolute atomic E-state index is 0.274. The molecule has 2 aliphatic rings. The summed E-state index contributed by atoms with van der Waals surface area (Å²) in [6.07, 6.45) is 7.17. The summed E-state index contributed by atoms with van der Waals surface area (Å²) in [5.74, 6) is -1.82. The molecule has 6 aromatic rings. The van der Waals surface area contributed by atoms with E-state index in [0.29, 0.717) is 45.5 Å². The largest absolute Gasteiger partial charge is 0.274 e. The first-order valence-corrected chi connectivity index (χ1v) is 16.7. The molecule has 0 saturated heterocycles. The first kappa shape index (κ1) is 31.0. The van der Waals surface area contributed by atoms with E-state index in [1.54, 1.807) is 48.8 Å². The molecule has 50 heavy (non-hydrogen) atoms. The maximum atomic E-state index is 14.0. The number of nitrogens with zero attached hydrogens (tertiary/aromatic N) is 5. The SMILES string of the molecule is CCCCCCN1C(=O)c2ccc3c4c(ccc(c24)C1=O)C(=O)N(c1ccc(-c2cc(-c4ccccn4)nc(-c4ccccn4)c2)cc1)C3=O. The highest BCUT2D eigenvalue weighted by Gasteiger charge is 2.40. The molecule has 2 aliphatic heterocycles. The third-order valence-electron chi connectivity index (χ3n) is 9.35. The molecule has 3 aromatic heterocycles. The van der Waals surface area contributed by atoms with Gasteiger partial charge in [0.2, 0.25) is 0 Å². The van der Waals surface area contributed by atoms with Gasteiger partial charge in [-0.3, -0.25) is 34.0 Å². The molecule has 0 aliphatic carbocycles. The van der Waals surface area contributed by atoms with Crippen LogP contribution in [0.4, 0.5) is 5.69 Å². The number of hydrogen-bond donors (Lipinski definition) is 0. The van der Waals surface area contributed by atoms with Gasteiger partial charge in [-0.1, -0.05) is 50.5 Å². The molecule has 0 N–H and O–H groups in total. The van der Waals surface area contributed by atoms with Crippen LogP contribution in [0.15, 0.2) is 109 Å². The first-order valence-electron chi connectivity index (χ1n) is 16.7. The number of rotatable bonds is 9. The lowest BCUT2D eigenvalue weighted by atomic mass is 9.85. The van der Waals surface area contributed by atoms with Gasteiger partial charge in [-0.15, -0.1) is 0 Å². The number of benzene rings is 3. The van der Waals surface area contributed by atoms with Gasteiger partial charge in [0.25, 0.3) is 23.6 Å². The molecule has 4 amide bonds. The van der Waals surface area contributed by atoms with E-state index in [1.807, 2.05) is 60.7 Å². The zero-order valence-electron chi connectivity index (χ0n) is 27.3. The minimum Gasteiger partial charge on any atom is -0.274 e. The molecule has 0 fully saturated rings. The Morgan fingerprint density at radius 1 is 0.520 bits per heavy atom. The van der Waals surface area contributed by atoms with Crippen LogP contribution < -0.4 is 4.90 Å². The Morgan fingerprint density at radius 2 is 1.04 bits per heavy atom. The lowest BCUT2D eigenvalue weighted by molar-refractivity contribution is 0.0606. The van der Waals surface area contributed by atoms with Gasteiger partial charge >= 0.3 is 0 Å². The molecular weight excluding hydrogens is 626 g/mol. The first-order chi connectivity index (χ1) is 24.4. The molecule has 5 heterocycles. The van der Waals surface area contributed by atoms with Crippen LogP contribution in [-0.4, -0.2) is 50.0 Å². The number of amides is 4. The molecule has 8 rings (SSSR count). The molecule has 0 bridgehead atoms. The van der Waals surface area contributed by atoms with Gasteiger partial charge in [-0.05, 0) is 90.3 Å². The Kier molecular flexibility index (Phi) is 7.80. The highest BCUT2D eigenvalue weighted by atomic mass is 16.2. The van der Waals surface area contributed by atoms with Crippen LogP contribution in [0.5, 0.6) is 0 Å². The average Bonchev–Trinajstić information content (AvgIpc) is 3.16. The van der Waals surface area contributed by atoms with Crippen molar-refractivity contribution < 1.29 is 19.2 Å². The third-order valence-corrected chi connectivity index (χ3v) is 9.35. The van der Waals surface area contributed by atoms with Crippen molar-refractivity contribution in [2.75, 3.05) is 11.4 Å². The summed E-state index contributed by atoms with van der Waals surface area (Å²) in [5, 5.41) is 0.734. The second-order valence-corrected chi connectivity index (χ2v) is 12.4. The van der Waals surface area contributed by atoms with Crippen LogP contribution >= 0.6 is 0 Å². The number of carbonyl (C=O) groups excluding carboxylic acids is 4. The second-order valence-electron chi connectivity index (χ2n) is 12.4. The van der Waals surface area contributed by atoms with Crippen molar-refractivity contribution in [2.24, 2.45) is 0 Å². The van der Waals surface area contributed by atoms with Gasteiger partial charge in [0.1, 0.15) is 0 Å². The minimum atomic E-state index is -0.514. The standard InChI is InChI=1S/C41H31N5O4/c1-2-3-4-9-22-45-38(47)28-16-18-30-37-31(19-17-29(36(28)37)39(45)48)41(50)46(40(30)49)27-14-12-25(13-15-27)26-23-34(32-10-5-7-20-42-32)44-35(24-26)33-11-6-8-21-43-33/h5-8,10-21,23-24H,2-4,9,22H2,1H3. The van der Waals surface area contributed by atoms with Crippen molar-refractivity contribution >= 4 is 40.1 Å². The monoisotopic (exact) mass is 657 g/mol. The quantitative estimate of drug-likeness (QED) is 0.114. The zero-order valence-corrected chi connectivity index (χ0v) is 27.3. The Bertz CT molecular complexity index is 2210. The van der Waals surface area contributed by atoms with Gasteiger partial charge in [0.05, 0.1) is 28.5 Å². The van der Waals surface area contributed by atoms with E-state index >= 15 is 0 Å². The molecule has 3 aromatic carbocycles. The molecule has 0 radical (unpaired) electrons. The van der Waals surface area contributed by atoms with Crippen molar-refractivity contribution in [3.63, 3.8) is 0 Å². The van der Waals surface area contributed by atoms with Gasteiger partial charge in [-0.2, -0.15) is 0 Å². The number of hydrogen-bond acceptors (Lipinski definition) is 7. The van der Waals surface area contributed by atoms with Crippen LogP contribution in [0.3, 0.4) is 0 Å². The van der Waals surface area contributed by atoms with Gasteiger partial charge in [0, 0.05) is 52.0 Å². The van der Waals surface area contributed by atoms with Crippen molar-refractivity contribution in [3.05, 3.63) is 132 Å². The van der Waals surface area contributed by atoms with E-state index in [0.717, 1.165) is 53.1 Å². The summed E-state index contributed by atoms with van der Waals surface area (Å²) in [6.45, 7) is 2.44. The van der Waals surface area contributed by atoms with Crippen molar-refractivity contribution in [2.45, 2.75) is 32.6 Å². The van der Waals surface area contributed by atoms with E-state index in [-0.39, 0.29) is 11.1 Å². The highest BCUT2D eigenvalue weighted by molar-refractivity contribution is 6.39. The van der Waals surface area contributed by atoms with Gasteiger partial charge < -0.3 is 0 Å². The number of unbranched alkanes of at least 4 members (excludes halogenated alkanes) is 3. The molecule has 0 atom stereocenters. The summed E-state index contributed by atoms with van der Waals surface area (Å²) in [4.78, 5) is 71.4. The Hall–Kier alpha value is -6.35. The van der Waals surface area contributed by atoms with E-state index < -0.39 is 23.6 Å². The van der Waals surface area contributed by atoms with Gasteiger partial charge in [-0.25, -0.2) is 9.88 Å². The van der Waals surface area contributed by atoms with Crippen molar-refractivity contribution in [1.82, 2.24) is 19.9 Å². The number of imide groups is 2. The zero-order chi connectivity index (χ0) is 34.4. The van der Waals surface area contributed by atoms with Crippen LogP contribution in [0.2, 0.25) is 0 Å². The second kappa shape index (κ2) is 12.6. The van der Waals surface area contributed by atoms with E-state index in [2.05, 4.69) is 16.9 Å². The normalized spacial score (nSPS) is 13.8. The number of pyridine rings is 3. The third kappa shape index (κ3) is 5.15. The Balaban J connectivity index is 1.14. The van der Waals surface area contributed by atoms with E-state index in [4.69, 9.17) is 4.98 Å². The lowest BCUT2D eigenvalue weighted by Crippen LogP contribution is -2.43. The molecular formula is C41H31N5O4. The number of aromatic nitrogens is 3. The maximum Gasteiger partial charge on any atom is 0.265 e. The number of carbonyl (C=O) groups is 4. The predicted molar refractivity (Wildman–Crippen MR) is 191 cm³/mol. The van der Waals surface area contributed by atoms with Crippen LogP contribution in [0, 0.1) is 0 Å². The fourth-order valence-electron chi connectivity index (χ4n) is 6.85. The highest BCUT2D eigenvalue weighted by Crippen LogP contribution is 2.39. The summed E-state index contributed by atoms with van der Waals surface area (Å²) in [6, 6.07) is 28.8. The summed E-state index contributed by atoms with van der Waals surface area (Å²) in [7, 11) is 0. The fraction of sp³-hybridized carbons (Fsp3) is 0.146. The molecule has 0 saturated carbocycles. The molecule has 0 unspecified atom stereocenters. The molecule has 9 nitrogen and oxygen atoms in total. The number of anilines is 1.